The number of carbonyl (C=O) groups excluding carboxylic acids is 2. The van der Waals surface area contributed by atoms with Crippen LogP contribution in [-0.2, 0) is 18.4 Å². The molecule has 0 aliphatic rings. The summed E-state index contributed by atoms with van der Waals surface area (Å²) in [4.78, 5) is 24.9. The first kappa shape index (κ1) is 23.8. The molecule has 0 bridgehead atoms. The molecule has 0 fully saturated rings. The van der Waals surface area contributed by atoms with Crippen LogP contribution in [0.4, 0.5) is 0 Å². The molecule has 168 valence electrons. The number of rotatable bonds is 9. The van der Waals surface area contributed by atoms with Gasteiger partial charge in [-0.1, -0.05) is 67.5 Å². The number of hydrogen-bond acceptors (Lipinski definition) is 5. The van der Waals surface area contributed by atoms with Gasteiger partial charge in [0.25, 0.3) is 5.91 Å². The van der Waals surface area contributed by atoms with E-state index in [0.717, 1.165) is 5.56 Å². The molecule has 0 saturated carbocycles. The third-order valence-corrected chi connectivity index (χ3v) is 6.14. The van der Waals surface area contributed by atoms with Gasteiger partial charge in [-0.05, 0) is 35.7 Å². The summed E-state index contributed by atoms with van der Waals surface area (Å²) >= 11 is 7.22. The van der Waals surface area contributed by atoms with Crippen LogP contribution in [0.25, 0.3) is 0 Å². The summed E-state index contributed by atoms with van der Waals surface area (Å²) in [5, 5.41) is 15.6. The molecule has 1 aromatic heterocycles. The number of amides is 2. The van der Waals surface area contributed by atoms with Crippen molar-refractivity contribution >= 4 is 35.2 Å². The summed E-state index contributed by atoms with van der Waals surface area (Å²) in [6, 6.07) is 16.1. The smallest absolute Gasteiger partial charge is 0.251 e. The number of benzene rings is 2. The minimum Gasteiger partial charge on any atom is -0.351 e. The van der Waals surface area contributed by atoms with E-state index in [9.17, 15) is 9.59 Å². The molecule has 2 aromatic carbocycles. The highest BCUT2D eigenvalue weighted by molar-refractivity contribution is 7.99. The van der Waals surface area contributed by atoms with Gasteiger partial charge in [0.15, 0.2) is 11.0 Å². The van der Waals surface area contributed by atoms with Crippen molar-refractivity contribution in [2.24, 2.45) is 13.0 Å². The van der Waals surface area contributed by atoms with E-state index in [1.165, 1.54) is 11.8 Å². The maximum atomic E-state index is 12.7. The quantitative estimate of drug-likeness (QED) is 0.460. The average Bonchev–Trinajstić information content (AvgIpc) is 3.15. The Morgan fingerprint density at radius 1 is 1.06 bits per heavy atom. The van der Waals surface area contributed by atoms with Crippen molar-refractivity contribution in [3.05, 3.63) is 76.6 Å². The average molecular weight is 472 g/mol. The summed E-state index contributed by atoms with van der Waals surface area (Å²) < 4.78 is 1.82. The van der Waals surface area contributed by atoms with E-state index >= 15 is 0 Å². The predicted molar refractivity (Wildman–Crippen MR) is 127 cm³/mol. The molecule has 0 radical (unpaired) electrons. The molecule has 2 N–H and O–H groups in total. The van der Waals surface area contributed by atoms with Gasteiger partial charge in [-0.2, -0.15) is 0 Å². The molecule has 3 aromatic rings. The fourth-order valence-corrected chi connectivity index (χ4v) is 3.93. The maximum Gasteiger partial charge on any atom is 0.251 e. The van der Waals surface area contributed by atoms with Crippen LogP contribution in [0.15, 0.2) is 59.8 Å². The van der Waals surface area contributed by atoms with E-state index in [1.54, 1.807) is 24.3 Å². The monoisotopic (exact) mass is 471 g/mol. The lowest BCUT2D eigenvalue weighted by molar-refractivity contribution is -0.118. The van der Waals surface area contributed by atoms with Crippen LogP contribution in [0, 0.1) is 5.92 Å². The lowest BCUT2D eigenvalue weighted by Crippen LogP contribution is -2.33. The fourth-order valence-electron chi connectivity index (χ4n) is 3.06. The second kappa shape index (κ2) is 11.2. The van der Waals surface area contributed by atoms with Crippen molar-refractivity contribution in [3.63, 3.8) is 0 Å². The second-order valence-electron chi connectivity index (χ2n) is 7.65. The molecule has 9 heteroatoms. The molecular weight excluding hydrogens is 446 g/mol. The number of nitrogens with one attached hydrogen (secondary N) is 2. The molecule has 1 atom stereocenters. The van der Waals surface area contributed by atoms with Gasteiger partial charge in [-0.3, -0.25) is 9.59 Å². The lowest BCUT2D eigenvalue weighted by atomic mass is 10.0. The zero-order valence-electron chi connectivity index (χ0n) is 18.2. The number of aromatic nitrogens is 3. The van der Waals surface area contributed by atoms with Gasteiger partial charge in [-0.15, -0.1) is 10.2 Å². The van der Waals surface area contributed by atoms with Gasteiger partial charge in [0.2, 0.25) is 5.91 Å². The molecule has 2 amide bonds. The van der Waals surface area contributed by atoms with Gasteiger partial charge in [-0.25, -0.2) is 0 Å². The first-order valence-corrected chi connectivity index (χ1v) is 11.6. The lowest BCUT2D eigenvalue weighted by Gasteiger charge is -2.21. The Balaban J connectivity index is 1.61. The molecule has 0 unspecified atom stereocenters. The Hall–Kier alpha value is -2.84. The molecule has 1 heterocycles. The van der Waals surface area contributed by atoms with E-state index in [4.69, 9.17) is 11.6 Å². The van der Waals surface area contributed by atoms with Crippen LogP contribution in [-0.4, -0.2) is 32.3 Å². The third-order valence-electron chi connectivity index (χ3n) is 4.87. The molecule has 32 heavy (non-hydrogen) atoms. The van der Waals surface area contributed by atoms with Crippen LogP contribution in [0.2, 0.25) is 5.02 Å². The van der Waals surface area contributed by atoms with Crippen molar-refractivity contribution in [3.8, 4) is 0 Å². The molecule has 0 aliphatic heterocycles. The maximum absolute atomic E-state index is 12.7. The molecule has 7 nitrogen and oxygen atoms in total. The van der Waals surface area contributed by atoms with E-state index in [1.807, 2.05) is 55.8 Å². The van der Waals surface area contributed by atoms with Gasteiger partial charge in [0.05, 0.1) is 11.8 Å². The van der Waals surface area contributed by atoms with E-state index < -0.39 is 0 Å². The van der Waals surface area contributed by atoms with Gasteiger partial charge in [0.1, 0.15) is 0 Å². The highest BCUT2D eigenvalue weighted by Gasteiger charge is 2.25. The SMILES string of the molecule is CC(C)[C@H](NC(=O)c1ccc(Cl)cc1)c1nnc(SCC(=O)NCc2ccccc2)n1C. The summed E-state index contributed by atoms with van der Waals surface area (Å²) in [6.07, 6.45) is 0. The minimum absolute atomic E-state index is 0.0835. The van der Waals surface area contributed by atoms with Gasteiger partial charge in [0, 0.05) is 24.2 Å². The van der Waals surface area contributed by atoms with Crippen LogP contribution in [0.3, 0.4) is 0 Å². The summed E-state index contributed by atoms with van der Waals surface area (Å²) in [6.45, 7) is 4.49. The largest absolute Gasteiger partial charge is 0.351 e. The number of thioether (sulfide) groups is 1. The standard InChI is InChI=1S/C23H26ClN5O2S/c1-15(2)20(26-22(31)17-9-11-18(24)12-10-17)21-27-28-23(29(21)3)32-14-19(30)25-13-16-7-5-4-6-8-16/h4-12,15,20H,13-14H2,1-3H3,(H,25,30)(H,26,31)/t20-/m0/s1. The van der Waals surface area contributed by atoms with Crippen LogP contribution < -0.4 is 10.6 Å². The topological polar surface area (TPSA) is 88.9 Å². The molecule has 0 spiro atoms. The first-order chi connectivity index (χ1) is 15.3. The Morgan fingerprint density at radius 3 is 2.41 bits per heavy atom. The zero-order chi connectivity index (χ0) is 23.1. The van der Waals surface area contributed by atoms with Crippen molar-refractivity contribution in [1.82, 2.24) is 25.4 Å². The van der Waals surface area contributed by atoms with Crippen molar-refractivity contribution in [1.29, 1.82) is 0 Å². The zero-order valence-corrected chi connectivity index (χ0v) is 19.8. The first-order valence-electron chi connectivity index (χ1n) is 10.2. The number of nitrogens with zero attached hydrogens (tertiary/aromatic N) is 3. The predicted octanol–water partition coefficient (Wildman–Crippen LogP) is 4.00. The number of halogens is 1. The number of carbonyl (C=O) groups is 2. The van der Waals surface area contributed by atoms with E-state index in [2.05, 4.69) is 20.8 Å². The minimum atomic E-state index is -0.336. The fraction of sp³-hybridized carbons (Fsp3) is 0.304. The Bertz CT molecular complexity index is 1050. The van der Waals surface area contributed by atoms with Crippen LogP contribution >= 0.6 is 23.4 Å². The molecule has 3 rings (SSSR count). The third kappa shape index (κ3) is 6.34. The van der Waals surface area contributed by atoms with Crippen molar-refractivity contribution in [2.75, 3.05) is 5.75 Å². The summed E-state index contributed by atoms with van der Waals surface area (Å²) in [7, 11) is 1.84. The highest BCUT2D eigenvalue weighted by Crippen LogP contribution is 2.24. The Kier molecular flexibility index (Phi) is 8.30. The summed E-state index contributed by atoms with van der Waals surface area (Å²) in [5.74, 6) is 0.649. The Morgan fingerprint density at radius 2 is 1.75 bits per heavy atom. The Labute approximate surface area is 197 Å². The molecule has 0 saturated heterocycles. The van der Waals surface area contributed by atoms with Crippen LogP contribution in [0.1, 0.15) is 41.6 Å². The second-order valence-corrected chi connectivity index (χ2v) is 9.03. The normalized spacial score (nSPS) is 11.9. The van der Waals surface area contributed by atoms with Gasteiger partial charge < -0.3 is 15.2 Å². The van der Waals surface area contributed by atoms with Crippen molar-refractivity contribution in [2.45, 2.75) is 31.6 Å². The summed E-state index contributed by atoms with van der Waals surface area (Å²) in [5.41, 5.74) is 1.56. The van der Waals surface area contributed by atoms with Gasteiger partial charge >= 0.3 is 0 Å². The highest BCUT2D eigenvalue weighted by atomic mass is 35.5. The van der Waals surface area contributed by atoms with E-state index in [-0.39, 0.29) is 29.5 Å². The van der Waals surface area contributed by atoms with E-state index in [0.29, 0.717) is 28.1 Å². The molecule has 0 aliphatic carbocycles. The number of hydrogen-bond donors (Lipinski definition) is 2. The molecular formula is C23H26ClN5O2S. The van der Waals surface area contributed by atoms with Crippen LogP contribution in [0.5, 0.6) is 0 Å². The van der Waals surface area contributed by atoms with Crippen molar-refractivity contribution < 1.29 is 9.59 Å².